The molecule has 0 saturated carbocycles. The Morgan fingerprint density at radius 1 is 1.08 bits per heavy atom. The maximum atomic E-state index is 13.3. The molecule has 0 aliphatic carbocycles. The second-order valence-corrected chi connectivity index (χ2v) is 7.33. The smallest absolute Gasteiger partial charge is 0.246 e. The molecule has 0 bridgehead atoms. The molecule has 0 unspecified atom stereocenters. The van der Waals surface area contributed by atoms with E-state index in [-0.39, 0.29) is 24.2 Å². The third-order valence-corrected chi connectivity index (χ3v) is 4.83. The highest BCUT2D eigenvalue weighted by Crippen LogP contribution is 2.27. The maximum absolute atomic E-state index is 13.3. The van der Waals surface area contributed by atoms with Crippen molar-refractivity contribution in [1.29, 1.82) is 0 Å². The van der Waals surface area contributed by atoms with Gasteiger partial charge in [0.1, 0.15) is 6.04 Å². The van der Waals surface area contributed by atoms with Crippen molar-refractivity contribution in [2.24, 2.45) is 0 Å². The number of carbonyl (C=O) groups excluding carboxylic acids is 1. The number of nitrogens with zero attached hydrogens (tertiary/aromatic N) is 1. The molecule has 1 N–H and O–H groups in total. The minimum atomic E-state index is -0.329. The van der Waals surface area contributed by atoms with Gasteiger partial charge in [-0.3, -0.25) is 9.69 Å². The van der Waals surface area contributed by atoms with Crippen molar-refractivity contribution in [3.8, 4) is 0 Å². The maximum Gasteiger partial charge on any atom is 0.246 e. The predicted octanol–water partition coefficient (Wildman–Crippen LogP) is 4.09. The number of hydrogen-bond donors (Lipinski definition) is 1. The van der Waals surface area contributed by atoms with Crippen LogP contribution in [0.3, 0.4) is 0 Å². The van der Waals surface area contributed by atoms with Gasteiger partial charge in [-0.15, -0.1) is 0 Å². The van der Waals surface area contributed by atoms with E-state index >= 15 is 0 Å². The number of carbonyl (C=O) groups is 1. The quantitative estimate of drug-likeness (QED) is 0.901. The molecule has 1 aliphatic rings. The van der Waals surface area contributed by atoms with Gasteiger partial charge in [0.2, 0.25) is 5.91 Å². The van der Waals surface area contributed by atoms with Crippen molar-refractivity contribution >= 4 is 11.6 Å². The molecule has 2 aromatic carbocycles. The molecule has 138 valence electrons. The van der Waals surface area contributed by atoms with E-state index in [1.165, 1.54) is 0 Å². The topological polar surface area (TPSA) is 41.6 Å². The van der Waals surface area contributed by atoms with E-state index in [9.17, 15) is 4.79 Å². The molecule has 0 spiro atoms. The van der Waals surface area contributed by atoms with Gasteiger partial charge in [-0.2, -0.15) is 0 Å². The molecule has 4 nitrogen and oxygen atoms in total. The first-order chi connectivity index (χ1) is 12.4. The fourth-order valence-electron chi connectivity index (χ4n) is 3.66. The van der Waals surface area contributed by atoms with Gasteiger partial charge in [-0.05, 0) is 50.5 Å². The van der Waals surface area contributed by atoms with Crippen molar-refractivity contribution in [2.45, 2.75) is 45.9 Å². The Hall–Kier alpha value is -2.17. The fraction of sp³-hybridized carbons (Fsp3) is 0.409. The van der Waals surface area contributed by atoms with Crippen molar-refractivity contribution in [3.05, 3.63) is 65.2 Å². The SMILES string of the molecule is Cc1ccc(C)c(NC(=O)[C@@H](c2ccccc2)N2C[C@@H](C)O[C@H](C)C2)c1. The van der Waals surface area contributed by atoms with E-state index < -0.39 is 0 Å². The van der Waals surface area contributed by atoms with Gasteiger partial charge in [-0.1, -0.05) is 42.5 Å². The molecule has 3 rings (SSSR count). The number of benzene rings is 2. The lowest BCUT2D eigenvalue weighted by Crippen LogP contribution is -2.49. The summed E-state index contributed by atoms with van der Waals surface area (Å²) in [5, 5.41) is 3.16. The highest BCUT2D eigenvalue weighted by atomic mass is 16.5. The summed E-state index contributed by atoms with van der Waals surface area (Å²) < 4.78 is 5.86. The Balaban J connectivity index is 1.90. The molecule has 2 aromatic rings. The van der Waals surface area contributed by atoms with Crippen LogP contribution < -0.4 is 5.32 Å². The summed E-state index contributed by atoms with van der Waals surface area (Å²) in [4.78, 5) is 15.5. The van der Waals surface area contributed by atoms with Gasteiger partial charge in [0.25, 0.3) is 0 Å². The van der Waals surface area contributed by atoms with Crippen LogP contribution in [0.4, 0.5) is 5.69 Å². The molecule has 0 radical (unpaired) electrons. The minimum absolute atomic E-state index is 0.00574. The largest absolute Gasteiger partial charge is 0.373 e. The van der Waals surface area contributed by atoms with Crippen LogP contribution in [-0.2, 0) is 9.53 Å². The van der Waals surface area contributed by atoms with Crippen LogP contribution in [0.2, 0.25) is 0 Å². The molecule has 26 heavy (non-hydrogen) atoms. The molecule has 1 heterocycles. The van der Waals surface area contributed by atoms with E-state index in [2.05, 4.69) is 30.1 Å². The number of aryl methyl sites for hydroxylation is 2. The van der Waals surface area contributed by atoms with E-state index in [1.807, 2.05) is 56.3 Å². The van der Waals surface area contributed by atoms with Gasteiger partial charge >= 0.3 is 0 Å². The second kappa shape index (κ2) is 8.02. The number of amides is 1. The first-order valence-electron chi connectivity index (χ1n) is 9.26. The lowest BCUT2D eigenvalue weighted by Gasteiger charge is -2.39. The number of anilines is 1. The van der Waals surface area contributed by atoms with Gasteiger partial charge in [0, 0.05) is 18.8 Å². The third kappa shape index (κ3) is 4.32. The summed E-state index contributed by atoms with van der Waals surface area (Å²) in [5.74, 6) is 0.00574. The summed E-state index contributed by atoms with van der Waals surface area (Å²) in [6, 6.07) is 15.8. The standard InChI is InChI=1S/C22H28N2O2/c1-15-10-11-16(2)20(12-15)23-22(25)21(19-8-6-5-7-9-19)24-13-17(3)26-18(4)14-24/h5-12,17-18,21H,13-14H2,1-4H3,(H,23,25)/t17-,18-,21-/m1/s1. The highest BCUT2D eigenvalue weighted by Gasteiger charge is 2.33. The lowest BCUT2D eigenvalue weighted by atomic mass is 10.0. The van der Waals surface area contributed by atoms with Gasteiger partial charge < -0.3 is 10.1 Å². The van der Waals surface area contributed by atoms with Crippen molar-refractivity contribution < 1.29 is 9.53 Å². The van der Waals surface area contributed by atoms with Crippen molar-refractivity contribution in [1.82, 2.24) is 4.90 Å². The zero-order valence-corrected chi connectivity index (χ0v) is 16.0. The predicted molar refractivity (Wildman–Crippen MR) is 105 cm³/mol. The average Bonchev–Trinajstić information content (AvgIpc) is 2.58. The van der Waals surface area contributed by atoms with Crippen LogP contribution in [0.15, 0.2) is 48.5 Å². The number of hydrogen-bond acceptors (Lipinski definition) is 3. The first kappa shape index (κ1) is 18.6. The van der Waals surface area contributed by atoms with E-state index in [0.29, 0.717) is 0 Å². The molecule has 1 fully saturated rings. The van der Waals surface area contributed by atoms with Crippen LogP contribution in [0.5, 0.6) is 0 Å². The van der Waals surface area contributed by atoms with Crippen molar-refractivity contribution in [2.75, 3.05) is 18.4 Å². The summed E-state index contributed by atoms with van der Waals surface area (Å²) >= 11 is 0. The Labute approximate surface area is 156 Å². The minimum Gasteiger partial charge on any atom is -0.373 e. The Kier molecular flexibility index (Phi) is 5.74. The molecule has 1 amide bonds. The third-order valence-electron chi connectivity index (χ3n) is 4.83. The average molecular weight is 352 g/mol. The molecule has 3 atom stereocenters. The Morgan fingerprint density at radius 2 is 1.73 bits per heavy atom. The Morgan fingerprint density at radius 3 is 2.38 bits per heavy atom. The molecule has 4 heteroatoms. The normalized spacial score (nSPS) is 22.0. The fourth-order valence-corrected chi connectivity index (χ4v) is 3.66. The summed E-state index contributed by atoms with van der Waals surface area (Å²) in [5.41, 5.74) is 4.09. The summed E-state index contributed by atoms with van der Waals surface area (Å²) in [7, 11) is 0. The molecule has 0 aromatic heterocycles. The molecule has 1 saturated heterocycles. The molecular formula is C22H28N2O2. The van der Waals surface area contributed by atoms with Crippen LogP contribution in [-0.4, -0.2) is 36.1 Å². The summed E-state index contributed by atoms with van der Waals surface area (Å²) in [6.07, 6.45) is 0.219. The van der Waals surface area contributed by atoms with E-state index in [4.69, 9.17) is 4.74 Å². The zero-order valence-electron chi connectivity index (χ0n) is 16.0. The number of morpholine rings is 1. The molecular weight excluding hydrogens is 324 g/mol. The number of rotatable bonds is 4. The van der Waals surface area contributed by atoms with E-state index in [1.54, 1.807) is 0 Å². The van der Waals surface area contributed by atoms with Crippen LogP contribution >= 0.6 is 0 Å². The zero-order chi connectivity index (χ0) is 18.7. The van der Waals surface area contributed by atoms with Crippen molar-refractivity contribution in [3.63, 3.8) is 0 Å². The highest BCUT2D eigenvalue weighted by molar-refractivity contribution is 5.96. The second-order valence-electron chi connectivity index (χ2n) is 7.33. The van der Waals surface area contributed by atoms with E-state index in [0.717, 1.165) is 35.5 Å². The van der Waals surface area contributed by atoms with Gasteiger partial charge in [0.15, 0.2) is 0 Å². The van der Waals surface area contributed by atoms with Crippen LogP contribution in [0.25, 0.3) is 0 Å². The first-order valence-corrected chi connectivity index (χ1v) is 9.26. The summed E-state index contributed by atoms with van der Waals surface area (Å²) in [6.45, 7) is 9.66. The lowest BCUT2D eigenvalue weighted by molar-refractivity contribution is -0.128. The number of ether oxygens (including phenoxy) is 1. The van der Waals surface area contributed by atoms with Gasteiger partial charge in [0.05, 0.1) is 12.2 Å². The van der Waals surface area contributed by atoms with Crippen LogP contribution in [0.1, 0.15) is 36.6 Å². The monoisotopic (exact) mass is 352 g/mol. The van der Waals surface area contributed by atoms with Gasteiger partial charge in [-0.25, -0.2) is 0 Å². The Bertz CT molecular complexity index is 750. The number of nitrogens with one attached hydrogen (secondary N) is 1. The van der Waals surface area contributed by atoms with Crippen LogP contribution in [0, 0.1) is 13.8 Å². The molecule has 1 aliphatic heterocycles.